The highest BCUT2D eigenvalue weighted by Crippen LogP contribution is 2.46. The summed E-state index contributed by atoms with van der Waals surface area (Å²) in [6.07, 6.45) is -1.18. The fraction of sp³-hybridized carbons (Fsp3) is 0.385. The van der Waals surface area contributed by atoms with Gasteiger partial charge in [-0.2, -0.15) is 13.2 Å². The van der Waals surface area contributed by atoms with Gasteiger partial charge < -0.3 is 5.11 Å². The molecule has 2 rings (SSSR count). The molecule has 1 N–H and O–H groups in total. The molecule has 4 heteroatoms. The van der Waals surface area contributed by atoms with Gasteiger partial charge in [0, 0.05) is 0 Å². The largest absolute Gasteiger partial charge is 0.416 e. The molecular formula is C13H13F3O. The van der Waals surface area contributed by atoms with Gasteiger partial charge in [0.25, 0.3) is 0 Å². The maximum Gasteiger partial charge on any atom is 0.416 e. The molecular weight excluding hydrogens is 229 g/mol. The van der Waals surface area contributed by atoms with Gasteiger partial charge in [0.15, 0.2) is 0 Å². The first-order chi connectivity index (χ1) is 7.88. The van der Waals surface area contributed by atoms with Crippen LogP contribution in [0.1, 0.15) is 24.0 Å². The van der Waals surface area contributed by atoms with Gasteiger partial charge in [-0.3, -0.25) is 0 Å². The zero-order valence-corrected chi connectivity index (χ0v) is 9.17. The molecule has 0 spiro atoms. The summed E-state index contributed by atoms with van der Waals surface area (Å²) in [6.45, 7) is 3.57. The van der Waals surface area contributed by atoms with Crippen molar-refractivity contribution in [2.75, 3.05) is 0 Å². The lowest BCUT2D eigenvalue weighted by atomic mass is 9.88. The number of rotatable bonds is 3. The van der Waals surface area contributed by atoms with E-state index in [9.17, 15) is 18.3 Å². The Hall–Kier alpha value is -1.29. The van der Waals surface area contributed by atoms with Crippen molar-refractivity contribution in [3.05, 3.63) is 48.0 Å². The number of alkyl halides is 3. The quantitative estimate of drug-likeness (QED) is 0.804. The van der Waals surface area contributed by atoms with Gasteiger partial charge in [-0.15, -0.1) is 0 Å². The molecule has 1 aromatic carbocycles. The summed E-state index contributed by atoms with van der Waals surface area (Å²) in [5.41, 5.74) is -1.42. The van der Waals surface area contributed by atoms with Crippen molar-refractivity contribution in [2.24, 2.45) is 5.92 Å². The fourth-order valence-electron chi connectivity index (χ4n) is 1.97. The third kappa shape index (κ3) is 2.22. The zero-order valence-electron chi connectivity index (χ0n) is 9.17. The number of hydrogen-bond acceptors (Lipinski definition) is 1. The summed E-state index contributed by atoms with van der Waals surface area (Å²) in [4.78, 5) is 0. The summed E-state index contributed by atoms with van der Waals surface area (Å²) in [5, 5.41) is 10.3. The van der Waals surface area contributed by atoms with Crippen LogP contribution in [-0.2, 0) is 11.8 Å². The van der Waals surface area contributed by atoms with Gasteiger partial charge in [-0.05, 0) is 36.5 Å². The summed E-state index contributed by atoms with van der Waals surface area (Å²) < 4.78 is 37.2. The van der Waals surface area contributed by atoms with Crippen molar-refractivity contribution >= 4 is 0 Å². The highest BCUT2D eigenvalue weighted by Gasteiger charge is 2.43. The van der Waals surface area contributed by atoms with E-state index in [1.165, 1.54) is 18.2 Å². The minimum absolute atomic E-state index is 0.0803. The molecule has 17 heavy (non-hydrogen) atoms. The standard InChI is InChI=1S/C13H13F3O/c1-2-12(17,9-3-4-9)10-5-7-11(8-6-10)13(14,15)16/h2,5-9,17H,1,3-4H2. The molecule has 0 radical (unpaired) electrons. The number of aliphatic hydroxyl groups is 1. The van der Waals surface area contributed by atoms with Crippen LogP contribution in [-0.4, -0.2) is 5.11 Å². The maximum atomic E-state index is 12.4. The second-order valence-electron chi connectivity index (χ2n) is 4.38. The molecule has 1 fully saturated rings. The Morgan fingerprint density at radius 3 is 1.94 bits per heavy atom. The molecule has 0 bridgehead atoms. The van der Waals surface area contributed by atoms with Crippen LogP contribution in [0.3, 0.4) is 0 Å². The Labute approximate surface area is 97.6 Å². The van der Waals surface area contributed by atoms with Gasteiger partial charge >= 0.3 is 6.18 Å². The highest BCUT2D eigenvalue weighted by atomic mass is 19.4. The van der Waals surface area contributed by atoms with Gasteiger partial charge in [0.1, 0.15) is 5.60 Å². The van der Waals surface area contributed by atoms with E-state index in [1.54, 1.807) is 0 Å². The van der Waals surface area contributed by atoms with Crippen LogP contribution in [0, 0.1) is 5.92 Å². The number of hydrogen-bond donors (Lipinski definition) is 1. The SMILES string of the molecule is C=CC(O)(c1ccc(C(F)(F)F)cc1)C1CC1. The van der Waals surface area contributed by atoms with Gasteiger partial charge in [-0.1, -0.05) is 24.8 Å². The van der Waals surface area contributed by atoms with E-state index < -0.39 is 17.3 Å². The lowest BCUT2D eigenvalue weighted by Gasteiger charge is -2.25. The van der Waals surface area contributed by atoms with Crippen molar-refractivity contribution in [1.29, 1.82) is 0 Å². The Bertz CT molecular complexity index is 417. The monoisotopic (exact) mass is 242 g/mol. The van der Waals surface area contributed by atoms with Gasteiger partial charge in [0.2, 0.25) is 0 Å². The first-order valence-electron chi connectivity index (χ1n) is 5.41. The van der Waals surface area contributed by atoms with E-state index in [-0.39, 0.29) is 5.92 Å². The first kappa shape index (κ1) is 12.2. The van der Waals surface area contributed by atoms with Crippen LogP contribution in [0.25, 0.3) is 0 Å². The van der Waals surface area contributed by atoms with E-state index >= 15 is 0 Å². The highest BCUT2D eigenvalue weighted by molar-refractivity contribution is 5.33. The molecule has 0 aromatic heterocycles. The Balaban J connectivity index is 2.31. The third-order valence-electron chi connectivity index (χ3n) is 3.19. The lowest BCUT2D eigenvalue weighted by molar-refractivity contribution is -0.137. The third-order valence-corrected chi connectivity index (χ3v) is 3.19. The zero-order chi connectivity index (χ0) is 12.7. The molecule has 1 saturated carbocycles. The summed E-state index contributed by atoms with van der Waals surface area (Å²) >= 11 is 0. The van der Waals surface area contributed by atoms with Crippen molar-refractivity contribution in [3.8, 4) is 0 Å². The molecule has 1 aromatic rings. The average molecular weight is 242 g/mol. The van der Waals surface area contributed by atoms with E-state index in [4.69, 9.17) is 0 Å². The predicted molar refractivity (Wildman–Crippen MR) is 58.3 cm³/mol. The minimum Gasteiger partial charge on any atom is -0.381 e. The van der Waals surface area contributed by atoms with Crippen LogP contribution >= 0.6 is 0 Å². The number of halogens is 3. The van der Waals surface area contributed by atoms with Crippen molar-refractivity contribution in [1.82, 2.24) is 0 Å². The normalized spacial score (nSPS) is 19.8. The Kier molecular flexibility index (Phi) is 2.78. The maximum absolute atomic E-state index is 12.4. The number of benzene rings is 1. The predicted octanol–water partition coefficient (Wildman–Crippen LogP) is 3.49. The van der Waals surface area contributed by atoms with E-state index in [2.05, 4.69) is 6.58 Å². The molecule has 1 aliphatic rings. The minimum atomic E-state index is -4.34. The van der Waals surface area contributed by atoms with Crippen molar-refractivity contribution < 1.29 is 18.3 Å². The van der Waals surface area contributed by atoms with Crippen LogP contribution in [0.5, 0.6) is 0 Å². The second-order valence-corrected chi connectivity index (χ2v) is 4.38. The molecule has 0 aliphatic heterocycles. The lowest BCUT2D eigenvalue weighted by Crippen LogP contribution is -2.25. The summed E-state index contributed by atoms with van der Waals surface area (Å²) in [6, 6.07) is 4.63. The van der Waals surface area contributed by atoms with Crippen LogP contribution in [0.15, 0.2) is 36.9 Å². The van der Waals surface area contributed by atoms with Crippen LogP contribution in [0.2, 0.25) is 0 Å². The topological polar surface area (TPSA) is 20.2 Å². The molecule has 1 aliphatic carbocycles. The van der Waals surface area contributed by atoms with E-state index in [0.717, 1.165) is 25.0 Å². The molecule has 1 nitrogen and oxygen atoms in total. The summed E-state index contributed by atoms with van der Waals surface area (Å²) in [5.74, 6) is 0.0803. The summed E-state index contributed by atoms with van der Waals surface area (Å²) in [7, 11) is 0. The second kappa shape index (κ2) is 3.88. The average Bonchev–Trinajstić information content (AvgIpc) is 3.11. The molecule has 1 unspecified atom stereocenters. The molecule has 0 heterocycles. The fourth-order valence-corrected chi connectivity index (χ4v) is 1.97. The van der Waals surface area contributed by atoms with Crippen molar-refractivity contribution in [3.63, 3.8) is 0 Å². The molecule has 92 valence electrons. The van der Waals surface area contributed by atoms with E-state index in [1.807, 2.05) is 0 Å². The molecule has 0 amide bonds. The van der Waals surface area contributed by atoms with Crippen molar-refractivity contribution in [2.45, 2.75) is 24.6 Å². The van der Waals surface area contributed by atoms with Gasteiger partial charge in [-0.25, -0.2) is 0 Å². The molecule has 0 saturated heterocycles. The Morgan fingerprint density at radius 2 is 1.59 bits per heavy atom. The van der Waals surface area contributed by atoms with Gasteiger partial charge in [0.05, 0.1) is 5.56 Å². The first-order valence-corrected chi connectivity index (χ1v) is 5.41. The van der Waals surface area contributed by atoms with Crippen LogP contribution in [0.4, 0.5) is 13.2 Å². The smallest absolute Gasteiger partial charge is 0.381 e. The van der Waals surface area contributed by atoms with Crippen LogP contribution < -0.4 is 0 Å². The Morgan fingerprint density at radius 1 is 1.12 bits per heavy atom. The molecule has 1 atom stereocenters. The van der Waals surface area contributed by atoms with E-state index in [0.29, 0.717) is 5.56 Å².